The number of unbranched alkanes of at least 4 members (excludes halogenated alkanes) is 1. The van der Waals surface area contributed by atoms with Gasteiger partial charge in [-0.05, 0) is 43.9 Å². The van der Waals surface area contributed by atoms with Crippen molar-refractivity contribution in [1.29, 1.82) is 0 Å². The van der Waals surface area contributed by atoms with E-state index >= 15 is 0 Å². The summed E-state index contributed by atoms with van der Waals surface area (Å²) in [5.74, 6) is 2.50. The Balaban J connectivity index is 1.78. The highest BCUT2D eigenvalue weighted by molar-refractivity contribution is 5.80. The summed E-state index contributed by atoms with van der Waals surface area (Å²) in [7, 11) is 3.40. The summed E-state index contributed by atoms with van der Waals surface area (Å²) in [6, 6.07) is 8.46. The number of aliphatic imine (C=N–C) groups is 1. The van der Waals surface area contributed by atoms with E-state index in [9.17, 15) is 0 Å². The number of likely N-dealkylation sites (tertiary alicyclic amines) is 1. The van der Waals surface area contributed by atoms with Crippen molar-refractivity contribution in [3.8, 4) is 5.75 Å². The van der Waals surface area contributed by atoms with Crippen LogP contribution in [-0.4, -0.2) is 71.1 Å². The van der Waals surface area contributed by atoms with E-state index in [-0.39, 0.29) is 0 Å². The highest BCUT2D eigenvalue weighted by Crippen LogP contribution is 2.28. The van der Waals surface area contributed by atoms with Crippen LogP contribution in [0.2, 0.25) is 0 Å². The molecule has 152 valence electrons. The van der Waals surface area contributed by atoms with Crippen molar-refractivity contribution < 1.29 is 14.2 Å². The molecule has 1 unspecified atom stereocenters. The number of hydrogen-bond donors (Lipinski definition) is 1. The maximum Gasteiger partial charge on any atom is 0.193 e. The number of nitrogens with zero attached hydrogens (tertiary/aromatic N) is 2. The largest absolute Gasteiger partial charge is 0.497 e. The molecule has 1 N–H and O–H groups in total. The second-order valence-electron chi connectivity index (χ2n) is 6.75. The molecule has 1 aromatic rings. The molecule has 0 saturated carbocycles. The van der Waals surface area contributed by atoms with E-state index in [1.807, 2.05) is 12.1 Å². The molecule has 1 saturated heterocycles. The number of nitrogens with one attached hydrogen (secondary N) is 1. The standard InChI is InChI=1S/C21H35N3O3/c1-4-22-21(23-12-5-6-14-27-16-15-25-2)24-13-11-19(17-24)18-7-9-20(26-3)10-8-18/h7-10,19H,4-6,11-17H2,1-3H3,(H,22,23). The Labute approximate surface area is 163 Å². The van der Waals surface area contributed by atoms with Gasteiger partial charge in [0.2, 0.25) is 0 Å². The fourth-order valence-electron chi connectivity index (χ4n) is 3.27. The Kier molecular flexibility index (Phi) is 10.0. The first-order valence-corrected chi connectivity index (χ1v) is 10.0. The molecular weight excluding hydrogens is 342 g/mol. The van der Waals surface area contributed by atoms with Gasteiger partial charge in [0.15, 0.2) is 5.96 Å². The summed E-state index contributed by atoms with van der Waals surface area (Å²) in [5, 5.41) is 3.44. The topological polar surface area (TPSA) is 55.3 Å². The van der Waals surface area contributed by atoms with Crippen LogP contribution in [0.1, 0.15) is 37.7 Å². The first kappa shape index (κ1) is 21.5. The Morgan fingerprint density at radius 3 is 2.67 bits per heavy atom. The molecule has 1 atom stereocenters. The summed E-state index contributed by atoms with van der Waals surface area (Å²) < 4.78 is 15.7. The predicted octanol–water partition coefficient (Wildman–Crippen LogP) is 2.89. The lowest BCUT2D eigenvalue weighted by Crippen LogP contribution is -2.40. The molecule has 1 aromatic carbocycles. The van der Waals surface area contributed by atoms with Crippen LogP contribution in [0.3, 0.4) is 0 Å². The zero-order valence-corrected chi connectivity index (χ0v) is 17.1. The lowest BCUT2D eigenvalue weighted by molar-refractivity contribution is 0.0690. The molecule has 2 rings (SSSR count). The SMILES string of the molecule is CCNC(=NCCCCOCCOC)N1CCC(c2ccc(OC)cc2)C1. The first-order valence-electron chi connectivity index (χ1n) is 10.0. The van der Waals surface area contributed by atoms with Gasteiger partial charge in [-0.2, -0.15) is 0 Å². The van der Waals surface area contributed by atoms with E-state index in [1.54, 1.807) is 14.2 Å². The number of rotatable bonds is 11. The van der Waals surface area contributed by atoms with E-state index < -0.39 is 0 Å². The van der Waals surface area contributed by atoms with E-state index in [1.165, 1.54) is 5.56 Å². The van der Waals surface area contributed by atoms with Gasteiger partial charge in [-0.1, -0.05) is 12.1 Å². The van der Waals surface area contributed by atoms with Gasteiger partial charge in [0, 0.05) is 45.8 Å². The van der Waals surface area contributed by atoms with Crippen LogP contribution < -0.4 is 10.1 Å². The Bertz CT molecular complexity index is 548. The van der Waals surface area contributed by atoms with Gasteiger partial charge in [0.25, 0.3) is 0 Å². The van der Waals surface area contributed by atoms with E-state index in [4.69, 9.17) is 19.2 Å². The monoisotopic (exact) mass is 377 g/mol. The number of methoxy groups -OCH3 is 2. The zero-order chi connectivity index (χ0) is 19.3. The minimum Gasteiger partial charge on any atom is -0.497 e. The molecule has 27 heavy (non-hydrogen) atoms. The molecule has 0 aromatic heterocycles. The Morgan fingerprint density at radius 2 is 1.96 bits per heavy atom. The van der Waals surface area contributed by atoms with Crippen LogP contribution in [0.4, 0.5) is 0 Å². The number of hydrogen-bond acceptors (Lipinski definition) is 4. The molecule has 1 fully saturated rings. The Hall–Kier alpha value is -1.79. The average molecular weight is 378 g/mol. The van der Waals surface area contributed by atoms with Crippen molar-refractivity contribution in [1.82, 2.24) is 10.2 Å². The van der Waals surface area contributed by atoms with Crippen molar-refractivity contribution >= 4 is 5.96 Å². The van der Waals surface area contributed by atoms with Gasteiger partial charge in [-0.25, -0.2) is 0 Å². The van der Waals surface area contributed by atoms with Gasteiger partial charge in [-0.15, -0.1) is 0 Å². The van der Waals surface area contributed by atoms with Crippen molar-refractivity contribution in [2.45, 2.75) is 32.1 Å². The summed E-state index contributed by atoms with van der Waals surface area (Å²) in [6.07, 6.45) is 3.23. The maximum absolute atomic E-state index is 5.50. The van der Waals surface area contributed by atoms with Crippen LogP contribution in [0.25, 0.3) is 0 Å². The predicted molar refractivity (Wildman–Crippen MR) is 110 cm³/mol. The molecule has 6 nitrogen and oxygen atoms in total. The molecule has 1 heterocycles. The molecule has 0 bridgehead atoms. The lowest BCUT2D eigenvalue weighted by atomic mass is 9.98. The highest BCUT2D eigenvalue weighted by Gasteiger charge is 2.25. The molecule has 0 spiro atoms. The number of benzene rings is 1. The van der Waals surface area contributed by atoms with Crippen LogP contribution in [0.5, 0.6) is 5.75 Å². The Morgan fingerprint density at radius 1 is 1.15 bits per heavy atom. The van der Waals surface area contributed by atoms with Gasteiger partial charge < -0.3 is 24.4 Å². The second-order valence-corrected chi connectivity index (χ2v) is 6.75. The molecule has 1 aliphatic heterocycles. The zero-order valence-electron chi connectivity index (χ0n) is 17.1. The third-order valence-corrected chi connectivity index (χ3v) is 4.80. The van der Waals surface area contributed by atoms with E-state index in [0.29, 0.717) is 19.1 Å². The van der Waals surface area contributed by atoms with Crippen molar-refractivity contribution in [2.75, 3.05) is 60.2 Å². The molecule has 0 amide bonds. The van der Waals surface area contributed by atoms with E-state index in [0.717, 1.165) is 63.8 Å². The third-order valence-electron chi connectivity index (χ3n) is 4.80. The second kappa shape index (κ2) is 12.6. The molecule has 0 aliphatic carbocycles. The van der Waals surface area contributed by atoms with Crippen molar-refractivity contribution in [3.05, 3.63) is 29.8 Å². The molecule has 6 heteroatoms. The maximum atomic E-state index is 5.50. The van der Waals surface area contributed by atoms with Gasteiger partial charge in [0.1, 0.15) is 5.75 Å². The van der Waals surface area contributed by atoms with Gasteiger partial charge in [0.05, 0.1) is 20.3 Å². The fraction of sp³-hybridized carbons (Fsp3) is 0.667. The minimum absolute atomic E-state index is 0.550. The number of ether oxygens (including phenoxy) is 3. The highest BCUT2D eigenvalue weighted by atomic mass is 16.5. The quantitative estimate of drug-likeness (QED) is 0.365. The van der Waals surface area contributed by atoms with Crippen molar-refractivity contribution in [3.63, 3.8) is 0 Å². The van der Waals surface area contributed by atoms with Crippen molar-refractivity contribution in [2.24, 2.45) is 4.99 Å². The molecule has 1 aliphatic rings. The molecular formula is C21H35N3O3. The fourth-order valence-corrected chi connectivity index (χ4v) is 3.27. The van der Waals surface area contributed by atoms with Gasteiger partial charge in [-0.3, -0.25) is 4.99 Å². The van der Waals surface area contributed by atoms with E-state index in [2.05, 4.69) is 29.3 Å². The number of guanidine groups is 1. The smallest absolute Gasteiger partial charge is 0.193 e. The summed E-state index contributed by atoms with van der Waals surface area (Å²) in [4.78, 5) is 7.20. The summed E-state index contributed by atoms with van der Waals surface area (Å²) in [5.41, 5.74) is 1.38. The van der Waals surface area contributed by atoms with Crippen LogP contribution in [-0.2, 0) is 9.47 Å². The van der Waals surface area contributed by atoms with Crippen LogP contribution in [0, 0.1) is 0 Å². The van der Waals surface area contributed by atoms with Gasteiger partial charge >= 0.3 is 0 Å². The average Bonchev–Trinajstić information content (AvgIpc) is 3.19. The first-order chi connectivity index (χ1) is 13.3. The lowest BCUT2D eigenvalue weighted by Gasteiger charge is -2.22. The minimum atomic E-state index is 0.550. The molecule has 0 radical (unpaired) electrons. The van der Waals surface area contributed by atoms with Crippen LogP contribution >= 0.6 is 0 Å². The summed E-state index contributed by atoms with van der Waals surface area (Å²) >= 11 is 0. The van der Waals surface area contributed by atoms with Crippen LogP contribution in [0.15, 0.2) is 29.3 Å². The third kappa shape index (κ3) is 7.39. The summed E-state index contributed by atoms with van der Waals surface area (Å²) in [6.45, 7) is 8.01. The normalized spacial score (nSPS) is 17.4.